The van der Waals surface area contributed by atoms with Crippen molar-refractivity contribution in [3.8, 4) is 0 Å². The summed E-state index contributed by atoms with van der Waals surface area (Å²) in [7, 11) is 0. The Morgan fingerprint density at radius 2 is 2.08 bits per heavy atom. The number of rotatable bonds is 1. The molecule has 2 aromatic heterocycles. The quantitative estimate of drug-likeness (QED) is 0.681. The third kappa shape index (κ3) is 2.45. The number of pyridine rings is 1. The first kappa shape index (κ1) is 15.6. The first-order valence-electron chi connectivity index (χ1n) is 7.65. The van der Waals surface area contributed by atoms with Gasteiger partial charge in [-0.15, -0.1) is 0 Å². The molecular formula is C17H15N5O2S. The van der Waals surface area contributed by atoms with E-state index in [0.29, 0.717) is 16.4 Å². The van der Waals surface area contributed by atoms with Crippen molar-refractivity contribution in [3.63, 3.8) is 0 Å². The van der Waals surface area contributed by atoms with Crippen LogP contribution in [0, 0.1) is 26.2 Å². The molecule has 0 aliphatic carbocycles. The Balaban J connectivity index is 1.72. The molecule has 0 radical (unpaired) electrons. The van der Waals surface area contributed by atoms with Gasteiger partial charge in [-0.05, 0) is 32.4 Å². The molecule has 0 saturated carbocycles. The fourth-order valence-electron chi connectivity index (χ4n) is 2.88. The van der Waals surface area contributed by atoms with Crippen molar-refractivity contribution in [2.24, 2.45) is 0 Å². The van der Waals surface area contributed by atoms with Gasteiger partial charge in [-0.3, -0.25) is 15.2 Å². The van der Waals surface area contributed by atoms with Crippen LogP contribution in [0.15, 0.2) is 33.6 Å². The number of carbonyl (C=O) groups is 1. The minimum absolute atomic E-state index is 0.113. The van der Waals surface area contributed by atoms with Crippen molar-refractivity contribution in [1.82, 2.24) is 15.5 Å². The molecule has 2 aromatic rings. The molecule has 126 valence electrons. The lowest BCUT2D eigenvalue weighted by Crippen LogP contribution is -2.30. The summed E-state index contributed by atoms with van der Waals surface area (Å²) in [4.78, 5) is 17.8. The van der Waals surface area contributed by atoms with Gasteiger partial charge < -0.3 is 15.2 Å². The number of aromatic nitrogens is 2. The number of nitrogens with zero attached hydrogens (tertiary/aromatic N) is 2. The van der Waals surface area contributed by atoms with Crippen LogP contribution in [0.2, 0.25) is 0 Å². The monoisotopic (exact) mass is 353 g/mol. The first-order chi connectivity index (χ1) is 12.0. The Labute approximate surface area is 148 Å². The summed E-state index contributed by atoms with van der Waals surface area (Å²) >= 11 is 1.39. The number of carbonyl (C=O) groups excluding carboxylic acids is 1. The molecule has 8 heteroatoms. The Morgan fingerprint density at radius 1 is 1.28 bits per heavy atom. The van der Waals surface area contributed by atoms with Gasteiger partial charge in [-0.2, -0.15) is 0 Å². The molecule has 0 spiro atoms. The average molecular weight is 353 g/mol. The van der Waals surface area contributed by atoms with Gasteiger partial charge in [0.1, 0.15) is 11.5 Å². The van der Waals surface area contributed by atoms with Crippen molar-refractivity contribution in [2.75, 3.05) is 5.32 Å². The molecule has 3 N–H and O–H groups in total. The second kappa shape index (κ2) is 5.59. The Hall–Kier alpha value is -2.87. The molecule has 0 aromatic carbocycles. The van der Waals surface area contributed by atoms with Gasteiger partial charge in [-0.1, -0.05) is 16.9 Å². The zero-order chi connectivity index (χ0) is 17.7. The summed E-state index contributed by atoms with van der Waals surface area (Å²) in [6.07, 6.45) is 3.49. The summed E-state index contributed by atoms with van der Waals surface area (Å²) in [6.45, 7) is 5.61. The number of anilines is 1. The zero-order valence-electron chi connectivity index (χ0n) is 13.9. The second-order valence-electron chi connectivity index (χ2n) is 5.90. The smallest absolute Gasteiger partial charge is 0.260 e. The molecule has 0 unspecified atom stereocenters. The Morgan fingerprint density at radius 3 is 2.80 bits per heavy atom. The fourth-order valence-corrected chi connectivity index (χ4v) is 4.02. The summed E-state index contributed by atoms with van der Waals surface area (Å²) in [5.74, 6) is 0.406. The molecule has 1 amide bonds. The lowest BCUT2D eigenvalue weighted by Gasteiger charge is -2.21. The summed E-state index contributed by atoms with van der Waals surface area (Å²) < 4.78 is 5.21. The van der Waals surface area contributed by atoms with Crippen LogP contribution in [0.4, 0.5) is 5.69 Å². The predicted octanol–water partition coefficient (Wildman–Crippen LogP) is 2.86. The van der Waals surface area contributed by atoms with Gasteiger partial charge in [0.15, 0.2) is 0 Å². The van der Waals surface area contributed by atoms with Crippen molar-refractivity contribution in [3.05, 3.63) is 57.3 Å². The number of hydrogen-bond donors (Lipinski definition) is 3. The minimum atomic E-state index is -0.312. The van der Waals surface area contributed by atoms with E-state index in [0.717, 1.165) is 27.5 Å². The van der Waals surface area contributed by atoms with Crippen molar-refractivity contribution < 1.29 is 9.32 Å². The van der Waals surface area contributed by atoms with Crippen LogP contribution in [0.3, 0.4) is 0 Å². The maximum absolute atomic E-state index is 12.5. The van der Waals surface area contributed by atoms with E-state index in [1.54, 1.807) is 12.4 Å². The zero-order valence-corrected chi connectivity index (χ0v) is 14.7. The van der Waals surface area contributed by atoms with E-state index >= 15 is 0 Å². The van der Waals surface area contributed by atoms with E-state index < -0.39 is 0 Å². The number of nitrogens with one attached hydrogen (secondary N) is 3. The average Bonchev–Trinajstić information content (AvgIpc) is 3.14. The van der Waals surface area contributed by atoms with Crippen LogP contribution in [0.25, 0.3) is 4.91 Å². The van der Waals surface area contributed by atoms with E-state index in [2.05, 4.69) is 20.8 Å². The third-order valence-electron chi connectivity index (χ3n) is 4.04. The molecule has 4 rings (SSSR count). The van der Waals surface area contributed by atoms with E-state index in [1.807, 2.05) is 26.8 Å². The number of fused-ring (bicyclic) bond motifs is 1. The highest BCUT2D eigenvalue weighted by atomic mass is 32.2. The standard InChI is InChI=1S/C17H15N5O2S/c1-7-4-10-15(19-5-7)14(18)13(16(23)21-10)17-20-6-11(25-17)12-8(2)22-24-9(12)3/h4-6,18,20H,1-3H3,(H,21,23)/b17-13-,18-14?. The van der Waals surface area contributed by atoms with E-state index in [4.69, 9.17) is 9.93 Å². The largest absolute Gasteiger partial charge is 0.361 e. The van der Waals surface area contributed by atoms with Gasteiger partial charge >= 0.3 is 0 Å². The molecule has 4 heterocycles. The van der Waals surface area contributed by atoms with Crippen LogP contribution < -0.4 is 10.6 Å². The molecule has 2 aliphatic rings. The van der Waals surface area contributed by atoms with E-state index in [-0.39, 0.29) is 17.2 Å². The number of amides is 1. The highest BCUT2D eigenvalue weighted by molar-refractivity contribution is 8.12. The normalized spacial score (nSPS) is 19.4. The Kier molecular flexibility index (Phi) is 3.50. The molecular weight excluding hydrogens is 338 g/mol. The molecule has 0 atom stereocenters. The predicted molar refractivity (Wildman–Crippen MR) is 96.1 cm³/mol. The fraction of sp³-hybridized carbons (Fsp3) is 0.176. The van der Waals surface area contributed by atoms with Gasteiger partial charge in [0.25, 0.3) is 5.91 Å². The van der Waals surface area contributed by atoms with Gasteiger partial charge in [0.2, 0.25) is 0 Å². The van der Waals surface area contributed by atoms with Crippen molar-refractivity contribution in [1.29, 1.82) is 5.41 Å². The topological polar surface area (TPSA) is 104 Å². The van der Waals surface area contributed by atoms with Crippen LogP contribution >= 0.6 is 11.8 Å². The summed E-state index contributed by atoms with van der Waals surface area (Å²) in [5, 5.41) is 18.9. The van der Waals surface area contributed by atoms with Gasteiger partial charge in [-0.25, -0.2) is 0 Å². The molecule has 0 bridgehead atoms. The lowest BCUT2D eigenvalue weighted by atomic mass is 10.0. The van der Waals surface area contributed by atoms with E-state index in [1.165, 1.54) is 11.8 Å². The van der Waals surface area contributed by atoms with Crippen molar-refractivity contribution >= 4 is 34.0 Å². The molecule has 25 heavy (non-hydrogen) atoms. The van der Waals surface area contributed by atoms with E-state index in [9.17, 15) is 4.79 Å². The van der Waals surface area contributed by atoms with Crippen LogP contribution in [0.1, 0.15) is 28.3 Å². The van der Waals surface area contributed by atoms with Crippen LogP contribution in [-0.2, 0) is 4.79 Å². The number of aryl methyl sites for hydroxylation is 3. The van der Waals surface area contributed by atoms with Crippen LogP contribution in [-0.4, -0.2) is 21.8 Å². The summed E-state index contributed by atoms with van der Waals surface area (Å²) in [5.41, 5.74) is 4.06. The summed E-state index contributed by atoms with van der Waals surface area (Å²) in [6, 6.07) is 1.82. The third-order valence-corrected chi connectivity index (χ3v) is 5.11. The maximum Gasteiger partial charge on any atom is 0.260 e. The highest BCUT2D eigenvalue weighted by Crippen LogP contribution is 2.42. The second-order valence-corrected chi connectivity index (χ2v) is 6.95. The SMILES string of the molecule is Cc1cnc2c(c1)NC(=O)/C(=C1/NC=C(c3c(C)noc3C)S1)C2=N. The molecule has 0 fully saturated rings. The van der Waals surface area contributed by atoms with Crippen LogP contribution in [0.5, 0.6) is 0 Å². The van der Waals surface area contributed by atoms with Gasteiger partial charge in [0, 0.05) is 17.3 Å². The first-order valence-corrected chi connectivity index (χ1v) is 8.46. The number of hydrogen-bond acceptors (Lipinski definition) is 7. The Bertz CT molecular complexity index is 983. The molecule has 2 aliphatic heterocycles. The molecule has 0 saturated heterocycles. The number of thioether (sulfide) groups is 1. The van der Waals surface area contributed by atoms with Gasteiger partial charge in [0.05, 0.1) is 33.3 Å². The van der Waals surface area contributed by atoms with Crippen molar-refractivity contribution in [2.45, 2.75) is 20.8 Å². The minimum Gasteiger partial charge on any atom is -0.361 e. The maximum atomic E-state index is 12.5. The lowest BCUT2D eigenvalue weighted by molar-refractivity contribution is -0.112. The molecule has 7 nitrogen and oxygen atoms in total. The highest BCUT2D eigenvalue weighted by Gasteiger charge is 2.32.